The van der Waals surface area contributed by atoms with Crippen molar-refractivity contribution in [2.24, 2.45) is 0 Å². The summed E-state index contributed by atoms with van der Waals surface area (Å²) < 4.78 is 11.2. The van der Waals surface area contributed by atoms with Crippen molar-refractivity contribution in [1.82, 2.24) is 9.80 Å². The molecule has 0 atom stereocenters. The first-order valence-corrected chi connectivity index (χ1v) is 9.09. The summed E-state index contributed by atoms with van der Waals surface area (Å²) in [5, 5.41) is 0. The van der Waals surface area contributed by atoms with Gasteiger partial charge in [-0.1, -0.05) is 36.4 Å². The first-order chi connectivity index (χ1) is 12.3. The highest BCUT2D eigenvalue weighted by Crippen LogP contribution is 2.18. The monoisotopic (exact) mass is 412 g/mol. The highest BCUT2D eigenvalue weighted by Gasteiger charge is 2.16. The molecule has 0 radical (unpaired) electrons. The van der Waals surface area contributed by atoms with Crippen molar-refractivity contribution in [3.05, 3.63) is 60.2 Å². The van der Waals surface area contributed by atoms with Crippen LogP contribution in [0.4, 0.5) is 0 Å². The van der Waals surface area contributed by atoms with Crippen LogP contribution in [-0.2, 0) is 6.42 Å². The van der Waals surface area contributed by atoms with Gasteiger partial charge in [0.15, 0.2) is 0 Å². The number of rotatable bonds is 8. The molecule has 0 spiro atoms. The number of para-hydroxylation sites is 2. The Hall–Kier alpha value is -1.46. The fourth-order valence-corrected chi connectivity index (χ4v) is 3.23. The third-order valence-corrected chi connectivity index (χ3v) is 4.77. The van der Waals surface area contributed by atoms with E-state index in [1.807, 2.05) is 42.5 Å². The Kier molecular flexibility index (Phi) is 11.2. The van der Waals surface area contributed by atoms with E-state index in [0.717, 1.165) is 63.8 Å². The van der Waals surface area contributed by atoms with E-state index in [9.17, 15) is 0 Å². The third kappa shape index (κ3) is 7.59. The van der Waals surface area contributed by atoms with Gasteiger partial charge in [-0.15, -0.1) is 24.8 Å². The Labute approximate surface area is 175 Å². The number of benzene rings is 2. The lowest BCUT2D eigenvalue weighted by Crippen LogP contribution is -2.47. The Morgan fingerprint density at radius 2 is 1.37 bits per heavy atom. The zero-order chi connectivity index (χ0) is 17.3. The SMILES string of the molecule is COc1ccccc1CCN1CCN(CCOc2ccccc2)CC1.Cl.Cl. The molecule has 2 aromatic carbocycles. The molecule has 6 heteroatoms. The van der Waals surface area contributed by atoms with E-state index in [1.54, 1.807) is 7.11 Å². The molecule has 0 aromatic heterocycles. The van der Waals surface area contributed by atoms with Gasteiger partial charge >= 0.3 is 0 Å². The second-order valence-electron chi connectivity index (χ2n) is 6.41. The fourth-order valence-electron chi connectivity index (χ4n) is 3.23. The average Bonchev–Trinajstić information content (AvgIpc) is 2.68. The van der Waals surface area contributed by atoms with Gasteiger partial charge in [0.1, 0.15) is 18.1 Å². The molecule has 2 aromatic rings. The highest BCUT2D eigenvalue weighted by molar-refractivity contribution is 5.85. The highest BCUT2D eigenvalue weighted by atomic mass is 35.5. The number of methoxy groups -OCH3 is 1. The van der Waals surface area contributed by atoms with Crippen LogP contribution in [0.1, 0.15) is 5.56 Å². The zero-order valence-electron chi connectivity index (χ0n) is 15.9. The van der Waals surface area contributed by atoms with Crippen LogP contribution in [0, 0.1) is 0 Å². The molecular formula is C21H30Cl2N2O2. The lowest BCUT2D eigenvalue weighted by molar-refractivity contribution is 0.117. The second-order valence-corrected chi connectivity index (χ2v) is 6.41. The lowest BCUT2D eigenvalue weighted by Gasteiger charge is -2.34. The summed E-state index contributed by atoms with van der Waals surface area (Å²) >= 11 is 0. The Balaban J connectivity index is 0.00000182. The lowest BCUT2D eigenvalue weighted by atomic mass is 10.1. The summed E-state index contributed by atoms with van der Waals surface area (Å²) in [6, 6.07) is 18.4. The third-order valence-electron chi connectivity index (χ3n) is 4.77. The topological polar surface area (TPSA) is 24.9 Å². The molecule has 0 bridgehead atoms. The Morgan fingerprint density at radius 3 is 2.04 bits per heavy atom. The number of hydrogen-bond donors (Lipinski definition) is 0. The van der Waals surface area contributed by atoms with E-state index in [1.165, 1.54) is 5.56 Å². The molecule has 0 saturated carbocycles. The predicted octanol–water partition coefficient (Wildman–Crippen LogP) is 3.78. The molecule has 0 unspecified atom stereocenters. The van der Waals surface area contributed by atoms with Gasteiger partial charge in [-0.25, -0.2) is 0 Å². The fraction of sp³-hybridized carbons (Fsp3) is 0.429. The van der Waals surface area contributed by atoms with Gasteiger partial charge in [-0.05, 0) is 30.2 Å². The molecule has 150 valence electrons. The van der Waals surface area contributed by atoms with Gasteiger partial charge in [-0.3, -0.25) is 4.90 Å². The Morgan fingerprint density at radius 1 is 0.778 bits per heavy atom. The maximum Gasteiger partial charge on any atom is 0.122 e. The van der Waals surface area contributed by atoms with Crippen molar-refractivity contribution >= 4 is 24.8 Å². The van der Waals surface area contributed by atoms with Crippen molar-refractivity contribution in [3.63, 3.8) is 0 Å². The second kappa shape index (κ2) is 12.8. The predicted molar refractivity (Wildman–Crippen MR) is 116 cm³/mol. The quantitative estimate of drug-likeness (QED) is 0.658. The molecular weight excluding hydrogens is 383 g/mol. The average molecular weight is 413 g/mol. The molecule has 1 aliphatic rings. The number of halogens is 2. The molecule has 4 nitrogen and oxygen atoms in total. The van der Waals surface area contributed by atoms with Gasteiger partial charge in [0, 0.05) is 39.3 Å². The van der Waals surface area contributed by atoms with Crippen molar-refractivity contribution in [1.29, 1.82) is 0 Å². The minimum absolute atomic E-state index is 0. The van der Waals surface area contributed by atoms with E-state index in [0.29, 0.717) is 0 Å². The molecule has 1 heterocycles. The number of hydrogen-bond acceptors (Lipinski definition) is 4. The van der Waals surface area contributed by atoms with E-state index in [-0.39, 0.29) is 24.8 Å². The van der Waals surface area contributed by atoms with Crippen LogP contribution in [-0.4, -0.2) is 62.8 Å². The van der Waals surface area contributed by atoms with Crippen molar-refractivity contribution in [2.45, 2.75) is 6.42 Å². The first-order valence-electron chi connectivity index (χ1n) is 9.09. The van der Waals surface area contributed by atoms with E-state index >= 15 is 0 Å². The largest absolute Gasteiger partial charge is 0.496 e. The van der Waals surface area contributed by atoms with Gasteiger partial charge in [-0.2, -0.15) is 0 Å². The summed E-state index contributed by atoms with van der Waals surface area (Å²) in [6.07, 6.45) is 1.04. The molecule has 3 rings (SSSR count). The maximum atomic E-state index is 5.80. The van der Waals surface area contributed by atoms with Crippen LogP contribution in [0.2, 0.25) is 0 Å². The van der Waals surface area contributed by atoms with Gasteiger partial charge in [0.05, 0.1) is 7.11 Å². The van der Waals surface area contributed by atoms with Gasteiger partial charge < -0.3 is 14.4 Å². The maximum absolute atomic E-state index is 5.80. The standard InChI is InChI=1S/C21H28N2O2.2ClH/c1-24-21-10-6-5-7-19(21)11-12-22-13-15-23(16-14-22)17-18-25-20-8-3-2-4-9-20;;/h2-10H,11-18H2,1H3;2*1H. The van der Waals surface area contributed by atoms with Crippen molar-refractivity contribution < 1.29 is 9.47 Å². The molecule has 1 saturated heterocycles. The number of nitrogens with zero attached hydrogens (tertiary/aromatic N) is 2. The van der Waals surface area contributed by atoms with Crippen molar-refractivity contribution in [3.8, 4) is 11.5 Å². The van der Waals surface area contributed by atoms with Crippen LogP contribution in [0.3, 0.4) is 0 Å². The summed E-state index contributed by atoms with van der Waals surface area (Å²) in [5.74, 6) is 1.96. The van der Waals surface area contributed by atoms with Crippen LogP contribution in [0.5, 0.6) is 11.5 Å². The number of ether oxygens (including phenoxy) is 2. The normalized spacial score (nSPS) is 14.7. The van der Waals surface area contributed by atoms with Gasteiger partial charge in [0.2, 0.25) is 0 Å². The summed E-state index contributed by atoms with van der Waals surface area (Å²) in [5.41, 5.74) is 1.30. The Bertz CT molecular complexity index is 635. The smallest absolute Gasteiger partial charge is 0.122 e. The first kappa shape index (κ1) is 23.6. The molecule has 1 fully saturated rings. The summed E-state index contributed by atoms with van der Waals surface area (Å²) in [6.45, 7) is 7.32. The minimum atomic E-state index is 0. The van der Waals surface area contributed by atoms with Crippen LogP contribution >= 0.6 is 24.8 Å². The van der Waals surface area contributed by atoms with E-state index < -0.39 is 0 Å². The molecule has 0 N–H and O–H groups in total. The molecule has 1 aliphatic heterocycles. The van der Waals surface area contributed by atoms with Crippen LogP contribution in [0.15, 0.2) is 54.6 Å². The molecule has 0 aliphatic carbocycles. The van der Waals surface area contributed by atoms with Crippen LogP contribution in [0.25, 0.3) is 0 Å². The van der Waals surface area contributed by atoms with Crippen LogP contribution < -0.4 is 9.47 Å². The van der Waals surface area contributed by atoms with Crippen molar-refractivity contribution in [2.75, 3.05) is 53.0 Å². The molecule has 27 heavy (non-hydrogen) atoms. The summed E-state index contributed by atoms with van der Waals surface area (Å²) in [7, 11) is 1.75. The van der Waals surface area contributed by atoms with Gasteiger partial charge in [0.25, 0.3) is 0 Å². The van der Waals surface area contributed by atoms with E-state index in [2.05, 4.69) is 21.9 Å². The molecule has 0 amide bonds. The summed E-state index contributed by atoms with van der Waals surface area (Å²) in [4.78, 5) is 5.03. The zero-order valence-corrected chi connectivity index (χ0v) is 17.5. The number of piperazine rings is 1. The van der Waals surface area contributed by atoms with E-state index in [4.69, 9.17) is 9.47 Å². The minimum Gasteiger partial charge on any atom is -0.496 e.